The van der Waals surface area contributed by atoms with Crippen LogP contribution in [0.4, 0.5) is 4.39 Å². The van der Waals surface area contributed by atoms with Gasteiger partial charge in [-0.25, -0.2) is 4.39 Å². The highest BCUT2D eigenvalue weighted by Gasteiger charge is 2.25. The molecule has 1 fully saturated rings. The number of nitrogens with zero attached hydrogens (tertiary/aromatic N) is 1. The average molecular weight is 289 g/mol. The van der Waals surface area contributed by atoms with E-state index in [0.717, 1.165) is 12.8 Å². The molecule has 0 N–H and O–H groups in total. The summed E-state index contributed by atoms with van der Waals surface area (Å²) in [5.41, 5.74) is 0. The quantitative estimate of drug-likeness (QED) is 0.872. The zero-order chi connectivity index (χ0) is 14.7. The number of rotatable bonds is 3. The van der Waals surface area contributed by atoms with Gasteiger partial charge < -0.3 is 14.1 Å². The molecule has 1 aromatic carbocycles. The molecule has 1 saturated heterocycles. The lowest BCUT2D eigenvalue weighted by molar-refractivity contribution is 0.0566. The molecule has 0 saturated carbocycles. The van der Waals surface area contributed by atoms with Crippen molar-refractivity contribution in [1.82, 2.24) is 4.90 Å². The van der Waals surface area contributed by atoms with Crippen LogP contribution in [0, 0.1) is 5.82 Å². The van der Waals surface area contributed by atoms with Crippen LogP contribution in [0.15, 0.2) is 47.1 Å². The van der Waals surface area contributed by atoms with E-state index in [1.54, 1.807) is 29.2 Å². The van der Waals surface area contributed by atoms with E-state index in [0.29, 0.717) is 24.6 Å². The third-order valence-electron chi connectivity index (χ3n) is 3.56. The molecule has 1 aromatic heterocycles. The number of benzene rings is 1. The summed E-state index contributed by atoms with van der Waals surface area (Å²) in [6, 6.07) is 9.49. The number of ether oxygens (including phenoxy) is 1. The highest BCUT2D eigenvalue weighted by Crippen LogP contribution is 2.20. The number of carbonyl (C=O) groups excluding carboxylic acids is 1. The van der Waals surface area contributed by atoms with Crippen LogP contribution in [0.1, 0.15) is 23.4 Å². The summed E-state index contributed by atoms with van der Waals surface area (Å²) in [4.78, 5) is 13.9. The molecule has 0 aliphatic carbocycles. The molecule has 2 aromatic rings. The normalized spacial score (nSPS) is 16.0. The van der Waals surface area contributed by atoms with Crippen LogP contribution in [-0.2, 0) is 0 Å². The van der Waals surface area contributed by atoms with Crippen LogP contribution in [-0.4, -0.2) is 30.0 Å². The Balaban J connectivity index is 1.54. The van der Waals surface area contributed by atoms with E-state index >= 15 is 0 Å². The van der Waals surface area contributed by atoms with E-state index in [9.17, 15) is 9.18 Å². The van der Waals surface area contributed by atoms with Gasteiger partial charge in [-0.05, 0) is 24.3 Å². The van der Waals surface area contributed by atoms with Gasteiger partial charge >= 0.3 is 0 Å². The summed E-state index contributed by atoms with van der Waals surface area (Å²) in [6.45, 7) is 1.22. The van der Waals surface area contributed by atoms with Gasteiger partial charge in [0.15, 0.2) is 5.76 Å². The first kappa shape index (κ1) is 13.7. The van der Waals surface area contributed by atoms with Gasteiger partial charge in [-0.3, -0.25) is 4.79 Å². The van der Waals surface area contributed by atoms with E-state index < -0.39 is 0 Å². The van der Waals surface area contributed by atoms with Crippen LogP contribution >= 0.6 is 0 Å². The van der Waals surface area contributed by atoms with Crippen LogP contribution < -0.4 is 4.74 Å². The van der Waals surface area contributed by atoms with Crippen molar-refractivity contribution in [2.24, 2.45) is 0 Å². The lowest BCUT2D eigenvalue weighted by atomic mass is 10.1. The first-order chi connectivity index (χ1) is 10.2. The standard InChI is InChI=1S/C16H16FNO3/c17-12-3-1-4-14(11-12)21-13-6-8-18(9-7-13)16(19)15-5-2-10-20-15/h1-5,10-11,13H,6-9H2. The van der Waals surface area contributed by atoms with E-state index in [2.05, 4.69) is 0 Å². The van der Waals surface area contributed by atoms with E-state index in [1.165, 1.54) is 18.4 Å². The summed E-state index contributed by atoms with van der Waals surface area (Å²) in [5.74, 6) is 0.493. The van der Waals surface area contributed by atoms with Gasteiger partial charge in [0.2, 0.25) is 0 Å². The molecular formula is C16H16FNO3. The second kappa shape index (κ2) is 5.99. The Kier molecular flexibility index (Phi) is 3.90. The van der Waals surface area contributed by atoms with E-state index in [-0.39, 0.29) is 17.8 Å². The topological polar surface area (TPSA) is 42.7 Å². The Morgan fingerprint density at radius 3 is 2.71 bits per heavy atom. The minimum absolute atomic E-state index is 0.00690. The molecule has 0 radical (unpaired) electrons. The Morgan fingerprint density at radius 2 is 2.05 bits per heavy atom. The van der Waals surface area contributed by atoms with Crippen molar-refractivity contribution in [1.29, 1.82) is 0 Å². The third kappa shape index (κ3) is 3.24. The molecule has 0 bridgehead atoms. The molecule has 0 spiro atoms. The second-order valence-corrected chi connectivity index (χ2v) is 5.04. The Labute approximate surface area is 122 Å². The fourth-order valence-electron chi connectivity index (χ4n) is 2.47. The number of hydrogen-bond donors (Lipinski definition) is 0. The largest absolute Gasteiger partial charge is 0.490 e. The predicted octanol–water partition coefficient (Wildman–Crippen LogP) is 3.10. The molecule has 5 heteroatoms. The van der Waals surface area contributed by atoms with Crippen molar-refractivity contribution in [3.63, 3.8) is 0 Å². The molecule has 21 heavy (non-hydrogen) atoms. The Hall–Kier alpha value is -2.30. The number of carbonyl (C=O) groups is 1. The van der Waals surface area contributed by atoms with Crippen LogP contribution in [0.3, 0.4) is 0 Å². The highest BCUT2D eigenvalue weighted by atomic mass is 19.1. The first-order valence-electron chi connectivity index (χ1n) is 6.97. The van der Waals surface area contributed by atoms with Crippen molar-refractivity contribution >= 4 is 5.91 Å². The van der Waals surface area contributed by atoms with Crippen molar-refractivity contribution in [3.8, 4) is 5.75 Å². The number of amides is 1. The van der Waals surface area contributed by atoms with Crippen molar-refractivity contribution in [2.45, 2.75) is 18.9 Å². The summed E-state index contributed by atoms with van der Waals surface area (Å²) in [6.07, 6.45) is 2.95. The molecule has 2 heterocycles. The maximum Gasteiger partial charge on any atom is 0.289 e. The van der Waals surface area contributed by atoms with Gasteiger partial charge in [-0.15, -0.1) is 0 Å². The van der Waals surface area contributed by atoms with Gasteiger partial charge in [0.25, 0.3) is 5.91 Å². The smallest absolute Gasteiger partial charge is 0.289 e. The average Bonchev–Trinajstić information content (AvgIpc) is 3.01. The maximum absolute atomic E-state index is 13.1. The predicted molar refractivity (Wildman–Crippen MR) is 74.7 cm³/mol. The van der Waals surface area contributed by atoms with Crippen LogP contribution in [0.25, 0.3) is 0 Å². The van der Waals surface area contributed by atoms with Gasteiger partial charge in [0.05, 0.1) is 6.26 Å². The number of piperidine rings is 1. The molecule has 1 amide bonds. The van der Waals surface area contributed by atoms with E-state index in [1.807, 2.05) is 0 Å². The number of hydrogen-bond acceptors (Lipinski definition) is 3. The minimum atomic E-state index is -0.307. The molecular weight excluding hydrogens is 273 g/mol. The summed E-state index contributed by atoms with van der Waals surface area (Å²) in [5, 5.41) is 0. The monoisotopic (exact) mass is 289 g/mol. The molecule has 0 atom stereocenters. The lowest BCUT2D eigenvalue weighted by Gasteiger charge is -2.31. The Bertz CT molecular complexity index is 604. The van der Waals surface area contributed by atoms with Gasteiger partial charge in [-0.1, -0.05) is 6.07 Å². The zero-order valence-electron chi connectivity index (χ0n) is 11.5. The van der Waals surface area contributed by atoms with Crippen molar-refractivity contribution in [3.05, 3.63) is 54.2 Å². The maximum atomic E-state index is 13.1. The van der Waals surface area contributed by atoms with Gasteiger partial charge in [0.1, 0.15) is 17.7 Å². The van der Waals surface area contributed by atoms with Crippen LogP contribution in [0.5, 0.6) is 5.75 Å². The lowest BCUT2D eigenvalue weighted by Crippen LogP contribution is -2.41. The molecule has 0 unspecified atom stereocenters. The van der Waals surface area contributed by atoms with Gasteiger partial charge in [-0.2, -0.15) is 0 Å². The van der Waals surface area contributed by atoms with Gasteiger partial charge in [0, 0.05) is 32.0 Å². The number of halogens is 1. The number of furan rings is 1. The minimum Gasteiger partial charge on any atom is -0.490 e. The van der Waals surface area contributed by atoms with Crippen molar-refractivity contribution in [2.75, 3.05) is 13.1 Å². The van der Waals surface area contributed by atoms with Crippen molar-refractivity contribution < 1.29 is 18.3 Å². The second-order valence-electron chi connectivity index (χ2n) is 5.04. The zero-order valence-corrected chi connectivity index (χ0v) is 11.5. The summed E-state index contributed by atoms with van der Waals surface area (Å²) in [7, 11) is 0. The Morgan fingerprint density at radius 1 is 1.24 bits per heavy atom. The molecule has 1 aliphatic heterocycles. The fraction of sp³-hybridized carbons (Fsp3) is 0.312. The highest BCUT2D eigenvalue weighted by molar-refractivity contribution is 5.91. The first-order valence-corrected chi connectivity index (χ1v) is 6.97. The SMILES string of the molecule is O=C(c1ccco1)N1CCC(Oc2cccc(F)c2)CC1. The summed E-state index contributed by atoms with van der Waals surface area (Å²) >= 11 is 0. The van der Waals surface area contributed by atoms with Crippen LogP contribution in [0.2, 0.25) is 0 Å². The number of likely N-dealkylation sites (tertiary alicyclic amines) is 1. The molecule has 110 valence electrons. The molecule has 3 rings (SSSR count). The molecule has 4 nitrogen and oxygen atoms in total. The fourth-order valence-corrected chi connectivity index (χ4v) is 2.47. The summed E-state index contributed by atoms with van der Waals surface area (Å²) < 4.78 is 24.0. The van der Waals surface area contributed by atoms with E-state index in [4.69, 9.17) is 9.15 Å². The molecule has 1 aliphatic rings. The third-order valence-corrected chi connectivity index (χ3v) is 3.56.